The highest BCUT2D eigenvalue weighted by Crippen LogP contribution is 2.19. The Balaban J connectivity index is 2.96. The predicted molar refractivity (Wildman–Crippen MR) is 44.3 cm³/mol. The van der Waals surface area contributed by atoms with Crippen molar-refractivity contribution >= 4 is 11.6 Å². The van der Waals surface area contributed by atoms with E-state index in [1.54, 1.807) is 0 Å². The van der Waals surface area contributed by atoms with Gasteiger partial charge in [0.15, 0.2) is 0 Å². The molecular weight excluding hydrogens is 184 g/mol. The fourth-order valence-electron chi connectivity index (χ4n) is 0.832. The third kappa shape index (κ3) is 1.93. The van der Waals surface area contributed by atoms with E-state index in [-0.39, 0.29) is 5.02 Å². The first-order valence-corrected chi connectivity index (χ1v) is 3.79. The van der Waals surface area contributed by atoms with Crippen LogP contribution < -0.4 is 5.73 Å². The molecular formula is C8H8ClF2N. The first-order chi connectivity index (χ1) is 5.65. The van der Waals surface area contributed by atoms with Crippen molar-refractivity contribution in [2.24, 2.45) is 5.73 Å². The highest BCUT2D eigenvalue weighted by atomic mass is 35.5. The van der Waals surface area contributed by atoms with Crippen molar-refractivity contribution in [3.8, 4) is 0 Å². The second-order valence-corrected chi connectivity index (χ2v) is 2.84. The molecule has 0 heterocycles. The minimum absolute atomic E-state index is 0.0183. The lowest BCUT2D eigenvalue weighted by Gasteiger charge is -2.06. The first kappa shape index (κ1) is 9.42. The van der Waals surface area contributed by atoms with Crippen LogP contribution in [-0.2, 0) is 0 Å². The molecule has 0 aliphatic rings. The van der Waals surface area contributed by atoms with Gasteiger partial charge >= 0.3 is 0 Å². The Labute approximate surface area is 74.1 Å². The van der Waals surface area contributed by atoms with Crippen LogP contribution >= 0.6 is 11.6 Å². The van der Waals surface area contributed by atoms with Crippen LogP contribution in [0.5, 0.6) is 0 Å². The molecule has 1 nitrogen and oxygen atoms in total. The Bertz CT molecular complexity index is 278. The predicted octanol–water partition coefficient (Wildman–Crippen LogP) is 2.45. The van der Waals surface area contributed by atoms with Crippen LogP contribution in [0, 0.1) is 5.82 Å². The molecule has 1 rings (SSSR count). The molecule has 12 heavy (non-hydrogen) atoms. The van der Waals surface area contributed by atoms with Crippen LogP contribution in [0.2, 0.25) is 5.02 Å². The topological polar surface area (TPSA) is 26.0 Å². The summed E-state index contributed by atoms with van der Waals surface area (Å²) in [6.07, 6.45) is 0. The van der Waals surface area contributed by atoms with E-state index in [0.29, 0.717) is 5.56 Å². The summed E-state index contributed by atoms with van der Waals surface area (Å²) in [7, 11) is 0. The van der Waals surface area contributed by atoms with Crippen molar-refractivity contribution in [1.29, 1.82) is 0 Å². The van der Waals surface area contributed by atoms with E-state index < -0.39 is 18.5 Å². The molecule has 1 aromatic carbocycles. The summed E-state index contributed by atoms with van der Waals surface area (Å²) < 4.78 is 24.8. The SMILES string of the molecule is NC(CF)c1ccc(Cl)c(F)c1. The van der Waals surface area contributed by atoms with Crippen molar-refractivity contribution in [2.45, 2.75) is 6.04 Å². The quantitative estimate of drug-likeness (QED) is 0.764. The maximum Gasteiger partial charge on any atom is 0.142 e. The molecule has 0 amide bonds. The molecule has 0 radical (unpaired) electrons. The van der Waals surface area contributed by atoms with E-state index in [4.69, 9.17) is 17.3 Å². The normalized spacial score (nSPS) is 13.0. The maximum atomic E-state index is 12.8. The van der Waals surface area contributed by atoms with Gasteiger partial charge in [0, 0.05) is 0 Å². The molecule has 0 fully saturated rings. The molecule has 0 bridgehead atoms. The summed E-state index contributed by atoms with van der Waals surface area (Å²) in [6, 6.07) is 3.25. The van der Waals surface area contributed by atoms with Gasteiger partial charge in [0.25, 0.3) is 0 Å². The van der Waals surface area contributed by atoms with Gasteiger partial charge in [-0.05, 0) is 17.7 Å². The largest absolute Gasteiger partial charge is 0.322 e. The van der Waals surface area contributed by atoms with E-state index in [1.165, 1.54) is 12.1 Å². The van der Waals surface area contributed by atoms with Crippen molar-refractivity contribution < 1.29 is 8.78 Å². The van der Waals surface area contributed by atoms with Gasteiger partial charge in [0.05, 0.1) is 11.1 Å². The van der Waals surface area contributed by atoms with Crippen molar-refractivity contribution in [1.82, 2.24) is 0 Å². The number of alkyl halides is 1. The van der Waals surface area contributed by atoms with Crippen LogP contribution in [0.3, 0.4) is 0 Å². The number of halogens is 3. The molecule has 1 aromatic rings. The minimum Gasteiger partial charge on any atom is -0.322 e. The number of rotatable bonds is 2. The van der Waals surface area contributed by atoms with Gasteiger partial charge in [-0.2, -0.15) is 0 Å². The summed E-state index contributed by atoms with van der Waals surface area (Å²) in [4.78, 5) is 0. The van der Waals surface area contributed by atoms with Crippen LogP contribution in [0.15, 0.2) is 18.2 Å². The Morgan fingerprint density at radius 2 is 2.17 bits per heavy atom. The minimum atomic E-state index is -0.767. The van der Waals surface area contributed by atoms with Gasteiger partial charge in [-0.15, -0.1) is 0 Å². The zero-order valence-corrected chi connectivity index (χ0v) is 6.98. The van der Waals surface area contributed by atoms with Gasteiger partial charge < -0.3 is 5.73 Å². The Hall–Kier alpha value is -0.670. The van der Waals surface area contributed by atoms with Crippen LogP contribution in [0.25, 0.3) is 0 Å². The fraction of sp³-hybridized carbons (Fsp3) is 0.250. The Morgan fingerprint density at radius 3 is 2.67 bits per heavy atom. The average molecular weight is 192 g/mol. The number of nitrogens with two attached hydrogens (primary N) is 1. The van der Waals surface area contributed by atoms with E-state index >= 15 is 0 Å². The zero-order chi connectivity index (χ0) is 9.14. The second kappa shape index (κ2) is 3.83. The third-order valence-electron chi connectivity index (χ3n) is 1.54. The van der Waals surface area contributed by atoms with Crippen LogP contribution in [0.1, 0.15) is 11.6 Å². The number of benzene rings is 1. The first-order valence-electron chi connectivity index (χ1n) is 3.41. The molecule has 4 heteroatoms. The summed E-state index contributed by atoms with van der Waals surface area (Å²) in [5.74, 6) is -0.571. The molecule has 66 valence electrons. The lowest BCUT2D eigenvalue weighted by atomic mass is 10.1. The van der Waals surface area contributed by atoms with E-state index in [9.17, 15) is 8.78 Å². The number of hydrogen-bond donors (Lipinski definition) is 1. The van der Waals surface area contributed by atoms with Crippen molar-refractivity contribution in [3.05, 3.63) is 34.6 Å². The molecule has 0 aliphatic heterocycles. The standard InChI is InChI=1S/C8H8ClF2N/c9-6-2-1-5(3-7(6)11)8(12)4-10/h1-3,8H,4,12H2. The monoisotopic (exact) mass is 191 g/mol. The Morgan fingerprint density at radius 1 is 1.50 bits per heavy atom. The third-order valence-corrected chi connectivity index (χ3v) is 1.84. The van der Waals surface area contributed by atoms with E-state index in [0.717, 1.165) is 6.07 Å². The van der Waals surface area contributed by atoms with E-state index in [2.05, 4.69) is 0 Å². The summed E-state index contributed by atoms with van der Waals surface area (Å²) in [5.41, 5.74) is 5.74. The maximum absolute atomic E-state index is 12.8. The van der Waals surface area contributed by atoms with Gasteiger partial charge in [0.1, 0.15) is 12.5 Å². The molecule has 1 atom stereocenters. The summed E-state index contributed by atoms with van der Waals surface area (Å²) in [6.45, 7) is -0.707. The molecule has 0 saturated carbocycles. The van der Waals surface area contributed by atoms with Gasteiger partial charge in [0.2, 0.25) is 0 Å². The van der Waals surface area contributed by atoms with Crippen LogP contribution in [0.4, 0.5) is 8.78 Å². The molecule has 0 spiro atoms. The van der Waals surface area contributed by atoms with Crippen molar-refractivity contribution in [3.63, 3.8) is 0 Å². The second-order valence-electron chi connectivity index (χ2n) is 2.43. The van der Waals surface area contributed by atoms with Gasteiger partial charge in [-0.1, -0.05) is 17.7 Å². The molecule has 0 aliphatic carbocycles. The molecule has 0 aromatic heterocycles. The smallest absolute Gasteiger partial charge is 0.142 e. The average Bonchev–Trinajstić information content (AvgIpc) is 2.08. The lowest BCUT2D eigenvalue weighted by Crippen LogP contribution is -2.12. The highest BCUT2D eigenvalue weighted by molar-refractivity contribution is 6.30. The lowest BCUT2D eigenvalue weighted by molar-refractivity contribution is 0.436. The molecule has 2 N–H and O–H groups in total. The fourth-order valence-corrected chi connectivity index (χ4v) is 0.950. The van der Waals surface area contributed by atoms with Crippen LogP contribution in [-0.4, -0.2) is 6.67 Å². The Kier molecular flexibility index (Phi) is 3.00. The van der Waals surface area contributed by atoms with Gasteiger partial charge in [-0.25, -0.2) is 8.78 Å². The van der Waals surface area contributed by atoms with Gasteiger partial charge in [-0.3, -0.25) is 0 Å². The van der Waals surface area contributed by atoms with Crippen molar-refractivity contribution in [2.75, 3.05) is 6.67 Å². The molecule has 0 saturated heterocycles. The molecule has 1 unspecified atom stereocenters. The highest BCUT2D eigenvalue weighted by Gasteiger charge is 2.07. The summed E-state index contributed by atoms with van der Waals surface area (Å²) in [5, 5.41) is 0.0183. The van der Waals surface area contributed by atoms with E-state index in [1.807, 2.05) is 0 Å². The number of hydrogen-bond acceptors (Lipinski definition) is 1. The zero-order valence-electron chi connectivity index (χ0n) is 6.23. The summed E-state index contributed by atoms with van der Waals surface area (Å²) >= 11 is 5.42.